The molecular formula is C21H15FN2OS. The smallest absolute Gasteiger partial charge is 0.267 e. The topological polar surface area (TPSA) is 34.9 Å². The Morgan fingerprint density at radius 3 is 2.62 bits per heavy atom. The predicted molar refractivity (Wildman–Crippen MR) is 105 cm³/mol. The molecule has 5 heteroatoms. The number of benzene rings is 2. The molecule has 4 aromatic rings. The van der Waals surface area contributed by atoms with Crippen molar-refractivity contribution in [2.24, 2.45) is 0 Å². The molecule has 0 atom stereocenters. The number of hydrogen-bond donors (Lipinski definition) is 0. The molecule has 0 saturated heterocycles. The van der Waals surface area contributed by atoms with Crippen LogP contribution in [0, 0.1) is 12.7 Å². The molecule has 0 amide bonds. The van der Waals surface area contributed by atoms with Gasteiger partial charge >= 0.3 is 0 Å². The van der Waals surface area contributed by atoms with E-state index in [4.69, 9.17) is 0 Å². The van der Waals surface area contributed by atoms with Crippen LogP contribution in [0.1, 0.15) is 17.0 Å². The number of fused-ring (bicyclic) bond motifs is 1. The van der Waals surface area contributed by atoms with Gasteiger partial charge in [0.15, 0.2) is 0 Å². The van der Waals surface area contributed by atoms with Crippen LogP contribution in [0.25, 0.3) is 28.1 Å². The van der Waals surface area contributed by atoms with E-state index in [1.807, 2.05) is 42.6 Å². The normalized spacial score (nSPS) is 11.5. The van der Waals surface area contributed by atoms with Crippen molar-refractivity contribution in [3.8, 4) is 5.69 Å². The number of aromatic nitrogens is 2. The van der Waals surface area contributed by atoms with Crippen LogP contribution in [0.15, 0.2) is 64.8 Å². The summed E-state index contributed by atoms with van der Waals surface area (Å²) < 4.78 is 16.1. The third-order valence-corrected chi connectivity index (χ3v) is 5.07. The van der Waals surface area contributed by atoms with E-state index in [9.17, 15) is 9.18 Å². The molecule has 0 bridgehead atoms. The zero-order chi connectivity index (χ0) is 18.1. The quantitative estimate of drug-likeness (QED) is 0.510. The van der Waals surface area contributed by atoms with E-state index in [2.05, 4.69) is 4.98 Å². The Hall–Kier alpha value is -3.05. The lowest BCUT2D eigenvalue weighted by Crippen LogP contribution is -2.22. The van der Waals surface area contributed by atoms with Gasteiger partial charge in [-0.15, -0.1) is 11.3 Å². The number of hydrogen-bond acceptors (Lipinski definition) is 3. The Balaban J connectivity index is 1.96. The Kier molecular flexibility index (Phi) is 4.22. The molecule has 128 valence electrons. The highest BCUT2D eigenvalue weighted by Crippen LogP contribution is 2.21. The van der Waals surface area contributed by atoms with Crippen LogP contribution in [0.4, 0.5) is 4.39 Å². The van der Waals surface area contributed by atoms with Crippen molar-refractivity contribution in [1.82, 2.24) is 9.55 Å². The summed E-state index contributed by atoms with van der Waals surface area (Å²) in [5.74, 6) is 0.156. The monoisotopic (exact) mass is 362 g/mol. The lowest BCUT2D eigenvalue weighted by atomic mass is 10.1. The largest absolute Gasteiger partial charge is 0.276 e. The van der Waals surface area contributed by atoms with Gasteiger partial charge in [0.2, 0.25) is 0 Å². The molecule has 0 aliphatic heterocycles. The summed E-state index contributed by atoms with van der Waals surface area (Å²) in [5, 5.41) is 1.85. The van der Waals surface area contributed by atoms with Gasteiger partial charge in [0.05, 0.1) is 11.2 Å². The van der Waals surface area contributed by atoms with Crippen LogP contribution >= 0.6 is 11.3 Å². The van der Waals surface area contributed by atoms with Crippen molar-refractivity contribution >= 4 is 33.7 Å². The van der Waals surface area contributed by atoms with E-state index in [0.717, 1.165) is 11.3 Å². The molecule has 3 nitrogen and oxygen atoms in total. The van der Waals surface area contributed by atoms with Gasteiger partial charge < -0.3 is 0 Å². The summed E-state index contributed by atoms with van der Waals surface area (Å²) in [7, 11) is 0. The minimum Gasteiger partial charge on any atom is -0.267 e. The number of halogens is 1. The first-order chi connectivity index (χ1) is 12.6. The van der Waals surface area contributed by atoms with E-state index in [0.29, 0.717) is 21.6 Å². The second-order valence-corrected chi connectivity index (χ2v) is 6.80. The van der Waals surface area contributed by atoms with Gasteiger partial charge in [-0.1, -0.05) is 36.4 Å². The van der Waals surface area contributed by atoms with Gasteiger partial charge in [-0.3, -0.25) is 9.36 Å². The van der Waals surface area contributed by atoms with Crippen molar-refractivity contribution in [2.75, 3.05) is 0 Å². The first kappa shape index (κ1) is 16.4. The van der Waals surface area contributed by atoms with Crippen molar-refractivity contribution in [3.05, 3.63) is 93.1 Å². The Morgan fingerprint density at radius 1 is 1.04 bits per heavy atom. The molecule has 26 heavy (non-hydrogen) atoms. The molecule has 0 spiro atoms. The SMILES string of the molecule is Cc1ccccc1-n1c(/C=C/c2ccccc2F)nc2ccsc2c1=O. The van der Waals surface area contributed by atoms with Crippen molar-refractivity contribution in [3.63, 3.8) is 0 Å². The Bertz CT molecular complexity index is 1190. The van der Waals surface area contributed by atoms with Crippen LogP contribution in [-0.2, 0) is 0 Å². The lowest BCUT2D eigenvalue weighted by Gasteiger charge is -2.12. The maximum Gasteiger partial charge on any atom is 0.276 e. The minimum absolute atomic E-state index is 0.118. The number of nitrogens with zero attached hydrogens (tertiary/aromatic N) is 2. The van der Waals surface area contributed by atoms with Gasteiger partial charge in [-0.2, -0.15) is 0 Å². The van der Waals surface area contributed by atoms with Gasteiger partial charge in [0.1, 0.15) is 16.3 Å². The van der Waals surface area contributed by atoms with Gasteiger partial charge in [0, 0.05) is 5.56 Å². The standard InChI is InChI=1S/C21H15FN2OS/c1-14-6-2-5-9-18(14)24-19(11-10-15-7-3-4-8-16(15)22)23-17-12-13-26-20(17)21(24)25/h2-13H,1H3/b11-10+. The average Bonchev–Trinajstić information content (AvgIpc) is 3.11. The molecule has 4 rings (SSSR count). The third kappa shape index (κ3) is 2.86. The second-order valence-electron chi connectivity index (χ2n) is 5.89. The molecular weight excluding hydrogens is 347 g/mol. The van der Waals surface area contributed by atoms with E-state index < -0.39 is 0 Å². The molecule has 0 aliphatic carbocycles. The summed E-state index contributed by atoms with van der Waals surface area (Å²) in [6.07, 6.45) is 3.33. The van der Waals surface area contributed by atoms with Crippen LogP contribution in [0.5, 0.6) is 0 Å². The molecule has 0 unspecified atom stereocenters. The molecule has 0 aliphatic rings. The van der Waals surface area contributed by atoms with Crippen molar-refractivity contribution in [2.45, 2.75) is 6.92 Å². The van der Waals surface area contributed by atoms with Crippen LogP contribution < -0.4 is 5.56 Å². The average molecular weight is 362 g/mol. The number of aryl methyl sites for hydroxylation is 1. The molecule has 0 fully saturated rings. The fraction of sp³-hybridized carbons (Fsp3) is 0.0476. The number of rotatable bonds is 3. The van der Waals surface area contributed by atoms with E-state index in [-0.39, 0.29) is 11.4 Å². The van der Waals surface area contributed by atoms with Crippen LogP contribution in [-0.4, -0.2) is 9.55 Å². The van der Waals surface area contributed by atoms with Crippen molar-refractivity contribution in [1.29, 1.82) is 0 Å². The van der Waals surface area contributed by atoms with Gasteiger partial charge in [0.25, 0.3) is 5.56 Å². The zero-order valence-electron chi connectivity index (χ0n) is 14.0. The summed E-state index contributed by atoms with van der Waals surface area (Å²) in [6.45, 7) is 1.95. The number of thiophene rings is 1. The number of para-hydroxylation sites is 1. The van der Waals surface area contributed by atoms with E-state index >= 15 is 0 Å². The van der Waals surface area contributed by atoms with E-state index in [1.165, 1.54) is 17.4 Å². The van der Waals surface area contributed by atoms with Gasteiger partial charge in [-0.05, 0) is 48.2 Å². The maximum absolute atomic E-state index is 13.9. The van der Waals surface area contributed by atoms with Crippen LogP contribution in [0.3, 0.4) is 0 Å². The molecule has 0 saturated carbocycles. The highest BCUT2D eigenvalue weighted by Gasteiger charge is 2.13. The highest BCUT2D eigenvalue weighted by molar-refractivity contribution is 7.17. The molecule has 2 aromatic carbocycles. The minimum atomic E-state index is -0.315. The first-order valence-corrected chi connectivity index (χ1v) is 9.02. The lowest BCUT2D eigenvalue weighted by molar-refractivity contribution is 0.625. The van der Waals surface area contributed by atoms with Crippen LogP contribution in [0.2, 0.25) is 0 Å². The first-order valence-electron chi connectivity index (χ1n) is 8.14. The summed E-state index contributed by atoms with van der Waals surface area (Å²) in [4.78, 5) is 17.7. The fourth-order valence-electron chi connectivity index (χ4n) is 2.86. The fourth-order valence-corrected chi connectivity index (χ4v) is 3.62. The van der Waals surface area contributed by atoms with Gasteiger partial charge in [-0.25, -0.2) is 9.37 Å². The maximum atomic E-state index is 13.9. The molecule has 2 aromatic heterocycles. The second kappa shape index (κ2) is 6.69. The van der Waals surface area contributed by atoms with E-state index in [1.54, 1.807) is 34.9 Å². The molecule has 0 radical (unpaired) electrons. The predicted octanol–water partition coefficient (Wildman–Crippen LogP) is 5.07. The Morgan fingerprint density at radius 2 is 1.81 bits per heavy atom. The molecule has 0 N–H and O–H groups in total. The summed E-state index contributed by atoms with van der Waals surface area (Å²) in [5.41, 5.74) is 2.72. The summed E-state index contributed by atoms with van der Waals surface area (Å²) >= 11 is 1.37. The third-order valence-electron chi connectivity index (χ3n) is 4.18. The highest BCUT2D eigenvalue weighted by atomic mass is 32.1. The Labute approximate surface area is 153 Å². The van der Waals surface area contributed by atoms with Crippen molar-refractivity contribution < 1.29 is 4.39 Å². The zero-order valence-corrected chi connectivity index (χ0v) is 14.8. The summed E-state index contributed by atoms with van der Waals surface area (Å²) in [6, 6.07) is 16.0. The molecule has 2 heterocycles.